The van der Waals surface area contributed by atoms with Crippen molar-refractivity contribution in [3.63, 3.8) is 0 Å². The minimum atomic E-state index is -0.988. The zero-order chi connectivity index (χ0) is 32.2. The number of ether oxygens (including phenoxy) is 2. The molecular formula is C34H34ClN3O5S2. The maximum absolute atomic E-state index is 13.7. The van der Waals surface area contributed by atoms with Crippen molar-refractivity contribution in [2.45, 2.75) is 50.3 Å². The lowest BCUT2D eigenvalue weighted by Crippen LogP contribution is -2.29. The first kappa shape index (κ1) is 32.5. The van der Waals surface area contributed by atoms with Crippen LogP contribution in [0.15, 0.2) is 70.6 Å². The highest BCUT2D eigenvalue weighted by molar-refractivity contribution is 8.00. The molecule has 1 unspecified atom stereocenters. The molecule has 45 heavy (non-hydrogen) atoms. The molecule has 0 bridgehead atoms. The third kappa shape index (κ3) is 7.03. The molecule has 8 nitrogen and oxygen atoms in total. The lowest BCUT2D eigenvalue weighted by molar-refractivity contribution is -0.132. The van der Waals surface area contributed by atoms with Gasteiger partial charge in [-0.3, -0.25) is 14.5 Å². The average molecular weight is 664 g/mol. The van der Waals surface area contributed by atoms with Gasteiger partial charge in [-0.05, 0) is 67.1 Å². The van der Waals surface area contributed by atoms with E-state index in [0.29, 0.717) is 50.3 Å². The highest BCUT2D eigenvalue weighted by Gasteiger charge is 2.48. The molecule has 1 saturated heterocycles. The number of Topliss-reactive ketones (excluding diaryl/α,β-unsaturated/α-hetero) is 1. The van der Waals surface area contributed by atoms with Gasteiger partial charge in [-0.2, -0.15) is 0 Å². The highest BCUT2D eigenvalue weighted by atomic mass is 35.5. The van der Waals surface area contributed by atoms with E-state index >= 15 is 0 Å². The van der Waals surface area contributed by atoms with E-state index < -0.39 is 17.7 Å². The molecule has 0 saturated carbocycles. The minimum absolute atomic E-state index is 0.0373. The van der Waals surface area contributed by atoms with E-state index in [4.69, 9.17) is 21.1 Å². The Kier molecular flexibility index (Phi) is 10.2. The predicted octanol–water partition coefficient (Wildman–Crippen LogP) is 8.16. The van der Waals surface area contributed by atoms with Crippen molar-refractivity contribution >= 4 is 57.3 Å². The SMILES string of the molecule is COc1cc(C2C(=C(O)c3cc(C)ccc3C)C(=O)C(=O)N2c2nnc(SCc3ccccc3Cl)s2)ccc1OCCC(C)C. The van der Waals surface area contributed by atoms with E-state index in [2.05, 4.69) is 24.0 Å². The summed E-state index contributed by atoms with van der Waals surface area (Å²) in [6.45, 7) is 8.50. The van der Waals surface area contributed by atoms with E-state index in [1.807, 2.05) is 50.2 Å². The maximum Gasteiger partial charge on any atom is 0.301 e. The number of aromatic nitrogens is 2. The molecule has 2 heterocycles. The number of hydrogen-bond acceptors (Lipinski definition) is 9. The van der Waals surface area contributed by atoms with E-state index in [0.717, 1.165) is 23.1 Å². The number of halogens is 1. The molecule has 3 aromatic carbocycles. The van der Waals surface area contributed by atoms with Crippen LogP contribution in [0.5, 0.6) is 11.5 Å². The molecule has 1 N–H and O–H groups in total. The van der Waals surface area contributed by atoms with E-state index in [9.17, 15) is 14.7 Å². The number of benzene rings is 3. The summed E-state index contributed by atoms with van der Waals surface area (Å²) < 4.78 is 12.3. The summed E-state index contributed by atoms with van der Waals surface area (Å²) in [7, 11) is 1.54. The third-order valence-corrected chi connectivity index (χ3v) is 9.93. The molecule has 234 valence electrons. The second-order valence-corrected chi connectivity index (χ2v) is 13.7. The Morgan fingerprint density at radius 3 is 2.58 bits per heavy atom. The van der Waals surface area contributed by atoms with Crippen LogP contribution in [-0.4, -0.2) is 40.7 Å². The molecule has 1 atom stereocenters. The normalized spacial score (nSPS) is 16.1. The van der Waals surface area contributed by atoms with Crippen LogP contribution < -0.4 is 14.4 Å². The zero-order valence-corrected chi connectivity index (χ0v) is 28.1. The first-order valence-electron chi connectivity index (χ1n) is 14.5. The van der Waals surface area contributed by atoms with Crippen LogP contribution in [0.25, 0.3) is 5.76 Å². The molecule has 0 spiro atoms. The van der Waals surface area contributed by atoms with Gasteiger partial charge in [0.25, 0.3) is 5.78 Å². The Morgan fingerprint density at radius 1 is 1.07 bits per heavy atom. The minimum Gasteiger partial charge on any atom is -0.507 e. The van der Waals surface area contributed by atoms with E-state index in [-0.39, 0.29) is 16.5 Å². The quantitative estimate of drug-likeness (QED) is 0.0564. The summed E-state index contributed by atoms with van der Waals surface area (Å²) in [6, 6.07) is 17.4. The summed E-state index contributed by atoms with van der Waals surface area (Å²) in [6.07, 6.45) is 0.870. The summed E-state index contributed by atoms with van der Waals surface area (Å²) in [5, 5.41) is 21.2. The standard InChI is InChI=1S/C34H34ClN3O5S2/c1-19(2)14-15-43-26-13-12-22(17-27(26)42-5)29-28(30(39)24-16-20(3)10-11-21(24)4)31(40)32(41)38(29)33-36-37-34(45-33)44-18-23-8-6-7-9-25(23)35/h6-13,16-17,19,29,39H,14-15,18H2,1-5H3. The van der Waals surface area contributed by atoms with Crippen molar-refractivity contribution in [2.75, 3.05) is 18.6 Å². The highest BCUT2D eigenvalue weighted by Crippen LogP contribution is 2.46. The summed E-state index contributed by atoms with van der Waals surface area (Å²) in [5.74, 6) is 0.149. The molecule has 5 rings (SSSR count). The van der Waals surface area contributed by atoms with Crippen LogP contribution in [-0.2, 0) is 15.3 Å². The van der Waals surface area contributed by atoms with E-state index in [1.54, 1.807) is 24.3 Å². The Hall–Kier alpha value is -3.86. The van der Waals surface area contributed by atoms with Gasteiger partial charge in [0.05, 0.1) is 25.3 Å². The lowest BCUT2D eigenvalue weighted by atomic mass is 9.93. The Morgan fingerprint density at radius 2 is 1.84 bits per heavy atom. The Bertz CT molecular complexity index is 1770. The Labute approximate surface area is 276 Å². The molecular weight excluding hydrogens is 630 g/mol. The number of carbonyl (C=O) groups is 2. The number of thioether (sulfide) groups is 1. The number of methoxy groups -OCH3 is 1. The average Bonchev–Trinajstić information content (AvgIpc) is 3.59. The van der Waals surface area contributed by atoms with Crippen molar-refractivity contribution in [2.24, 2.45) is 5.92 Å². The smallest absolute Gasteiger partial charge is 0.301 e. The predicted molar refractivity (Wildman–Crippen MR) is 180 cm³/mol. The lowest BCUT2D eigenvalue weighted by Gasteiger charge is -2.24. The van der Waals surface area contributed by atoms with Gasteiger partial charge in [0.2, 0.25) is 5.13 Å². The monoisotopic (exact) mass is 663 g/mol. The first-order valence-corrected chi connectivity index (χ1v) is 16.7. The fourth-order valence-electron chi connectivity index (χ4n) is 4.97. The molecule has 1 aliphatic heterocycles. The number of aliphatic hydroxyl groups excluding tert-OH is 1. The van der Waals surface area contributed by atoms with Gasteiger partial charge in [-0.1, -0.05) is 90.5 Å². The summed E-state index contributed by atoms with van der Waals surface area (Å²) in [4.78, 5) is 28.8. The molecule has 1 amide bonds. The van der Waals surface area contributed by atoms with Gasteiger partial charge in [0, 0.05) is 16.3 Å². The first-order chi connectivity index (χ1) is 21.6. The van der Waals surface area contributed by atoms with E-state index in [1.165, 1.54) is 35.1 Å². The van der Waals surface area contributed by atoms with Gasteiger partial charge in [0.1, 0.15) is 5.76 Å². The molecule has 1 aliphatic rings. The van der Waals surface area contributed by atoms with Crippen molar-refractivity contribution in [3.8, 4) is 11.5 Å². The number of carbonyl (C=O) groups excluding carboxylic acids is 2. The molecule has 11 heteroatoms. The van der Waals surface area contributed by atoms with Gasteiger partial charge >= 0.3 is 5.91 Å². The van der Waals surface area contributed by atoms with Gasteiger partial charge in [-0.25, -0.2) is 0 Å². The summed E-state index contributed by atoms with van der Waals surface area (Å²) >= 11 is 8.95. The van der Waals surface area contributed by atoms with Crippen molar-refractivity contribution in [3.05, 3.63) is 99.1 Å². The van der Waals surface area contributed by atoms with Crippen molar-refractivity contribution in [1.29, 1.82) is 0 Å². The maximum atomic E-state index is 13.7. The second kappa shape index (κ2) is 14.1. The fourth-order valence-corrected chi connectivity index (χ4v) is 7.13. The molecule has 4 aromatic rings. The molecule has 1 aromatic heterocycles. The summed E-state index contributed by atoms with van der Waals surface area (Å²) in [5.41, 5.74) is 3.61. The number of rotatable bonds is 11. The van der Waals surface area contributed by atoms with Crippen molar-refractivity contribution < 1.29 is 24.2 Å². The number of amides is 1. The molecule has 0 radical (unpaired) electrons. The number of aliphatic hydroxyl groups is 1. The molecule has 1 fully saturated rings. The van der Waals surface area contributed by atoms with Crippen LogP contribution >= 0.6 is 34.7 Å². The largest absolute Gasteiger partial charge is 0.507 e. The van der Waals surface area contributed by atoms with Gasteiger partial charge < -0.3 is 14.6 Å². The number of anilines is 1. The number of aryl methyl sites for hydroxylation is 2. The van der Waals surface area contributed by atoms with Crippen LogP contribution in [0, 0.1) is 19.8 Å². The van der Waals surface area contributed by atoms with Crippen LogP contribution in [0.4, 0.5) is 5.13 Å². The Balaban J connectivity index is 1.58. The van der Waals surface area contributed by atoms with Crippen LogP contribution in [0.2, 0.25) is 5.02 Å². The topological polar surface area (TPSA) is 102 Å². The van der Waals surface area contributed by atoms with Crippen molar-refractivity contribution in [1.82, 2.24) is 10.2 Å². The number of hydrogen-bond donors (Lipinski definition) is 1. The fraction of sp³-hybridized carbons (Fsp3) is 0.294. The van der Waals surface area contributed by atoms with Gasteiger partial charge in [0.15, 0.2) is 15.8 Å². The molecule has 0 aliphatic carbocycles. The van der Waals surface area contributed by atoms with Crippen LogP contribution in [0.3, 0.4) is 0 Å². The number of ketones is 1. The number of nitrogens with zero attached hydrogens (tertiary/aromatic N) is 3. The van der Waals surface area contributed by atoms with Crippen LogP contribution in [0.1, 0.15) is 54.1 Å². The van der Waals surface area contributed by atoms with Gasteiger partial charge in [-0.15, -0.1) is 10.2 Å². The zero-order valence-electron chi connectivity index (χ0n) is 25.7. The third-order valence-electron chi connectivity index (χ3n) is 7.46. The second-order valence-electron chi connectivity index (χ2n) is 11.2.